The smallest absolute Gasteiger partial charge is 0.221 e. The van der Waals surface area contributed by atoms with E-state index in [1.165, 1.54) is 5.56 Å². The summed E-state index contributed by atoms with van der Waals surface area (Å²) in [5.41, 5.74) is 4.47. The van der Waals surface area contributed by atoms with E-state index in [1.54, 1.807) is 14.2 Å². The Morgan fingerprint density at radius 2 is 1.90 bits per heavy atom. The molecule has 0 unspecified atom stereocenters. The molecule has 30 heavy (non-hydrogen) atoms. The Morgan fingerprint density at radius 3 is 2.57 bits per heavy atom. The van der Waals surface area contributed by atoms with Gasteiger partial charge in [-0.1, -0.05) is 38.1 Å². The van der Waals surface area contributed by atoms with Crippen molar-refractivity contribution in [1.82, 2.24) is 10.3 Å². The molecule has 0 aliphatic rings. The highest BCUT2D eigenvalue weighted by molar-refractivity contribution is 5.88. The quantitative estimate of drug-likeness (QED) is 0.512. The maximum absolute atomic E-state index is 12.9. The lowest BCUT2D eigenvalue weighted by Gasteiger charge is -2.21. The van der Waals surface area contributed by atoms with Gasteiger partial charge in [-0.05, 0) is 37.0 Å². The number of carbonyl (C=O) groups excluding carboxylic acids is 1. The number of methoxy groups -OCH3 is 2. The Kier molecular flexibility index (Phi) is 7.03. The van der Waals surface area contributed by atoms with Gasteiger partial charge < -0.3 is 19.8 Å². The van der Waals surface area contributed by atoms with Crippen molar-refractivity contribution in [3.8, 4) is 11.5 Å². The summed E-state index contributed by atoms with van der Waals surface area (Å²) < 4.78 is 11.1. The fraction of sp³-hybridized carbons (Fsp3) is 0.400. The van der Waals surface area contributed by atoms with Crippen LogP contribution >= 0.6 is 0 Å². The third-order valence-corrected chi connectivity index (χ3v) is 5.82. The molecule has 160 valence electrons. The third-order valence-electron chi connectivity index (χ3n) is 5.82. The zero-order valence-electron chi connectivity index (χ0n) is 18.5. The van der Waals surface area contributed by atoms with Gasteiger partial charge in [0.25, 0.3) is 0 Å². The number of H-pyrrole nitrogens is 1. The van der Waals surface area contributed by atoms with Gasteiger partial charge in [-0.3, -0.25) is 4.79 Å². The number of amides is 1. The van der Waals surface area contributed by atoms with Crippen molar-refractivity contribution in [1.29, 1.82) is 0 Å². The zero-order valence-corrected chi connectivity index (χ0v) is 18.5. The van der Waals surface area contributed by atoms with Gasteiger partial charge in [-0.2, -0.15) is 0 Å². The van der Waals surface area contributed by atoms with Crippen LogP contribution in [0.5, 0.6) is 11.5 Å². The molecule has 5 heteroatoms. The fourth-order valence-corrected chi connectivity index (χ4v) is 3.94. The molecule has 2 N–H and O–H groups in total. The zero-order chi connectivity index (χ0) is 21.7. The van der Waals surface area contributed by atoms with Gasteiger partial charge in [0.15, 0.2) is 0 Å². The number of aryl methyl sites for hydroxylation is 1. The summed E-state index contributed by atoms with van der Waals surface area (Å²) >= 11 is 0. The molecule has 0 aliphatic carbocycles. The summed E-state index contributed by atoms with van der Waals surface area (Å²) in [4.78, 5) is 16.3. The highest BCUT2D eigenvalue weighted by atomic mass is 16.5. The molecule has 0 saturated carbocycles. The average molecular weight is 409 g/mol. The summed E-state index contributed by atoms with van der Waals surface area (Å²) in [5, 5.41) is 4.25. The van der Waals surface area contributed by atoms with Gasteiger partial charge in [0.1, 0.15) is 11.5 Å². The van der Waals surface area contributed by atoms with Gasteiger partial charge in [-0.15, -0.1) is 0 Å². The second kappa shape index (κ2) is 9.70. The molecule has 0 bridgehead atoms. The summed E-state index contributed by atoms with van der Waals surface area (Å²) in [6.07, 6.45) is 4.22. The minimum atomic E-state index is -0.143. The maximum atomic E-state index is 12.9. The van der Waals surface area contributed by atoms with E-state index in [0.717, 1.165) is 46.4 Å². The number of para-hydroxylation sites is 1. The summed E-state index contributed by atoms with van der Waals surface area (Å²) in [6.45, 7) is 6.25. The largest absolute Gasteiger partial charge is 0.497 e. The summed E-state index contributed by atoms with van der Waals surface area (Å²) in [5.74, 6) is 1.34. The van der Waals surface area contributed by atoms with Crippen LogP contribution in [0.3, 0.4) is 0 Å². The Bertz CT molecular complexity index is 1010. The predicted octanol–water partition coefficient (Wildman–Crippen LogP) is 5.18. The van der Waals surface area contributed by atoms with Crippen molar-refractivity contribution >= 4 is 16.8 Å². The van der Waals surface area contributed by atoms with Crippen molar-refractivity contribution in [2.24, 2.45) is 0 Å². The fourth-order valence-electron chi connectivity index (χ4n) is 3.94. The second-order valence-electron chi connectivity index (χ2n) is 7.68. The van der Waals surface area contributed by atoms with Gasteiger partial charge in [0.05, 0.1) is 14.2 Å². The topological polar surface area (TPSA) is 63.4 Å². The number of rotatable bonds is 9. The van der Waals surface area contributed by atoms with Crippen molar-refractivity contribution < 1.29 is 14.3 Å². The van der Waals surface area contributed by atoms with Crippen LogP contribution in [0.25, 0.3) is 10.9 Å². The average Bonchev–Trinajstić information content (AvgIpc) is 3.21. The van der Waals surface area contributed by atoms with Crippen LogP contribution < -0.4 is 14.8 Å². The molecule has 2 aromatic carbocycles. The number of hydrogen-bond donors (Lipinski definition) is 2. The molecule has 2 atom stereocenters. The van der Waals surface area contributed by atoms with E-state index in [9.17, 15) is 4.79 Å². The van der Waals surface area contributed by atoms with Crippen molar-refractivity contribution in [2.45, 2.75) is 52.0 Å². The molecule has 5 nitrogen and oxygen atoms in total. The lowest BCUT2D eigenvalue weighted by Crippen LogP contribution is -2.33. The van der Waals surface area contributed by atoms with Crippen LogP contribution in [0.2, 0.25) is 0 Å². The lowest BCUT2D eigenvalue weighted by molar-refractivity contribution is -0.121. The standard InChI is InChI=1S/C25H32N2O3/c1-6-16(3)27-24(28)14-21(19-12-11-18(29-4)13-23(19)30-5)22-15-26-25-17(7-2)9-8-10-20(22)25/h8-13,15-16,21,26H,6-7,14H2,1-5H3,(H,27,28)/t16-,21+/m1/s1. The molecule has 1 heterocycles. The first-order valence-electron chi connectivity index (χ1n) is 10.6. The first-order chi connectivity index (χ1) is 14.5. The molecular weight excluding hydrogens is 376 g/mol. The Morgan fingerprint density at radius 1 is 1.10 bits per heavy atom. The molecule has 1 amide bonds. The number of ether oxygens (including phenoxy) is 2. The van der Waals surface area contributed by atoms with E-state index in [4.69, 9.17) is 9.47 Å². The van der Waals surface area contributed by atoms with E-state index in [-0.39, 0.29) is 17.9 Å². The maximum Gasteiger partial charge on any atom is 0.221 e. The van der Waals surface area contributed by atoms with Gasteiger partial charge >= 0.3 is 0 Å². The van der Waals surface area contributed by atoms with Crippen LogP contribution in [0, 0.1) is 0 Å². The van der Waals surface area contributed by atoms with Gasteiger partial charge in [0.2, 0.25) is 5.91 Å². The number of fused-ring (bicyclic) bond motifs is 1. The van der Waals surface area contributed by atoms with Crippen molar-refractivity contribution in [3.05, 3.63) is 59.3 Å². The van der Waals surface area contributed by atoms with E-state index in [0.29, 0.717) is 6.42 Å². The highest BCUT2D eigenvalue weighted by Gasteiger charge is 2.25. The normalized spacial score (nSPS) is 13.1. The molecular formula is C25H32N2O3. The van der Waals surface area contributed by atoms with Crippen LogP contribution in [-0.4, -0.2) is 31.2 Å². The highest BCUT2D eigenvalue weighted by Crippen LogP contribution is 2.40. The number of carbonyl (C=O) groups is 1. The van der Waals surface area contributed by atoms with Crippen molar-refractivity contribution in [3.63, 3.8) is 0 Å². The molecule has 0 saturated heterocycles. The number of aromatic nitrogens is 1. The monoisotopic (exact) mass is 408 g/mol. The van der Waals surface area contributed by atoms with Crippen LogP contribution in [0.15, 0.2) is 42.6 Å². The summed E-state index contributed by atoms with van der Waals surface area (Å²) in [6, 6.07) is 12.3. The minimum Gasteiger partial charge on any atom is -0.497 e. The predicted molar refractivity (Wildman–Crippen MR) is 122 cm³/mol. The van der Waals surface area contributed by atoms with E-state index < -0.39 is 0 Å². The molecule has 1 aromatic heterocycles. The SMILES string of the molecule is CCc1cccc2c([C@@H](CC(=O)N[C@H](C)CC)c3ccc(OC)cc3OC)c[nH]c12. The Labute approximate surface area is 178 Å². The van der Waals surface area contributed by atoms with Gasteiger partial charge in [0, 0.05) is 47.1 Å². The van der Waals surface area contributed by atoms with Crippen LogP contribution in [0.1, 0.15) is 56.2 Å². The lowest BCUT2D eigenvalue weighted by atomic mass is 9.86. The molecule has 3 aromatic rings. The number of nitrogens with one attached hydrogen (secondary N) is 2. The van der Waals surface area contributed by atoms with Crippen molar-refractivity contribution in [2.75, 3.05) is 14.2 Å². The van der Waals surface area contributed by atoms with E-state index in [2.05, 4.69) is 42.3 Å². The third kappa shape index (κ3) is 4.45. The molecule has 0 fully saturated rings. The minimum absolute atomic E-state index is 0.0354. The van der Waals surface area contributed by atoms with Crippen LogP contribution in [0.4, 0.5) is 0 Å². The van der Waals surface area contributed by atoms with Gasteiger partial charge in [-0.25, -0.2) is 0 Å². The second-order valence-corrected chi connectivity index (χ2v) is 7.68. The summed E-state index contributed by atoms with van der Waals surface area (Å²) in [7, 11) is 3.29. The molecule has 0 radical (unpaired) electrons. The number of benzene rings is 2. The molecule has 0 spiro atoms. The Balaban J connectivity index is 2.10. The first-order valence-corrected chi connectivity index (χ1v) is 10.6. The Hall–Kier alpha value is -2.95. The number of hydrogen-bond acceptors (Lipinski definition) is 3. The molecule has 3 rings (SSSR count). The number of aromatic amines is 1. The van der Waals surface area contributed by atoms with E-state index >= 15 is 0 Å². The molecule has 0 aliphatic heterocycles. The van der Waals surface area contributed by atoms with Crippen LogP contribution in [-0.2, 0) is 11.2 Å². The van der Waals surface area contributed by atoms with E-state index in [1.807, 2.05) is 31.3 Å². The first kappa shape index (κ1) is 21.8.